The van der Waals surface area contributed by atoms with Crippen LogP contribution in [0.4, 0.5) is 5.69 Å². The number of imidazole rings is 1. The van der Waals surface area contributed by atoms with Crippen molar-refractivity contribution in [1.29, 1.82) is 0 Å². The van der Waals surface area contributed by atoms with Crippen LogP contribution in [-0.2, 0) is 4.79 Å². The molecule has 92 valence electrons. The maximum atomic E-state index is 11.6. The van der Waals surface area contributed by atoms with Gasteiger partial charge in [-0.15, -0.1) is 11.8 Å². The number of hydrogen-bond acceptors (Lipinski definition) is 3. The summed E-state index contributed by atoms with van der Waals surface area (Å²) in [6.45, 7) is 1.91. The first-order valence-corrected chi connectivity index (χ1v) is 7.13. The minimum Gasteiger partial charge on any atom is -0.333 e. The van der Waals surface area contributed by atoms with Gasteiger partial charge in [-0.3, -0.25) is 4.79 Å². The number of carbonyl (C=O) groups is 1. The Bertz CT molecular complexity index is 626. The van der Waals surface area contributed by atoms with Crippen molar-refractivity contribution in [2.24, 2.45) is 0 Å². The number of halogens is 1. The lowest BCUT2D eigenvalue weighted by molar-refractivity contribution is -0.115. The fraction of sp³-hybridized carbons (Fsp3) is 0.167. The van der Waals surface area contributed by atoms with Crippen molar-refractivity contribution in [3.8, 4) is 11.3 Å². The number of anilines is 1. The molecule has 2 heterocycles. The van der Waals surface area contributed by atoms with Crippen LogP contribution in [0.2, 0.25) is 0 Å². The van der Waals surface area contributed by atoms with Crippen LogP contribution in [0.5, 0.6) is 0 Å². The van der Waals surface area contributed by atoms with E-state index in [0.717, 1.165) is 21.8 Å². The number of fused-ring (bicyclic) bond motifs is 1. The number of thioether (sulfide) groups is 1. The molecule has 1 aliphatic heterocycles. The topological polar surface area (TPSA) is 57.8 Å². The molecule has 1 aromatic heterocycles. The van der Waals surface area contributed by atoms with Gasteiger partial charge in [-0.1, -0.05) is 6.07 Å². The average Bonchev–Trinajstić information content (AvgIpc) is 2.77. The summed E-state index contributed by atoms with van der Waals surface area (Å²) >= 11 is 4.86. The van der Waals surface area contributed by atoms with Crippen LogP contribution < -0.4 is 5.32 Å². The number of aromatic amines is 1. The zero-order valence-corrected chi connectivity index (χ0v) is 11.9. The molecule has 0 saturated carbocycles. The number of hydrogen-bond donors (Lipinski definition) is 2. The lowest BCUT2D eigenvalue weighted by Gasteiger charge is -2.21. The lowest BCUT2D eigenvalue weighted by Crippen LogP contribution is -2.26. The summed E-state index contributed by atoms with van der Waals surface area (Å²) < 4.78 is 0.697. The predicted octanol–water partition coefficient (Wildman–Crippen LogP) is 3.27. The zero-order valence-electron chi connectivity index (χ0n) is 9.53. The van der Waals surface area contributed by atoms with Crippen molar-refractivity contribution in [2.45, 2.75) is 17.1 Å². The van der Waals surface area contributed by atoms with E-state index in [0.29, 0.717) is 4.73 Å². The second-order valence-corrected chi connectivity index (χ2v) is 6.18. The molecule has 0 saturated heterocycles. The van der Waals surface area contributed by atoms with E-state index in [4.69, 9.17) is 0 Å². The van der Waals surface area contributed by atoms with Crippen molar-refractivity contribution in [3.63, 3.8) is 0 Å². The standard InChI is InChI=1S/C12H10BrN3OS/c1-6-11(17)15-8-4-7(2-3-10(8)18-6)9-5-14-12(13)16-9/h2-6H,1H3,(H,14,16)(H,15,17). The predicted molar refractivity (Wildman–Crippen MR) is 75.7 cm³/mol. The Morgan fingerprint density at radius 1 is 1.44 bits per heavy atom. The molecule has 0 aliphatic carbocycles. The van der Waals surface area contributed by atoms with Gasteiger partial charge >= 0.3 is 0 Å². The van der Waals surface area contributed by atoms with Gasteiger partial charge in [0.2, 0.25) is 5.91 Å². The Labute approximate surface area is 117 Å². The first-order chi connectivity index (χ1) is 8.63. The average molecular weight is 324 g/mol. The Balaban J connectivity index is 2.01. The summed E-state index contributed by atoms with van der Waals surface area (Å²) in [5.74, 6) is 0.0513. The van der Waals surface area contributed by atoms with Gasteiger partial charge in [0.1, 0.15) is 0 Å². The molecular weight excluding hydrogens is 314 g/mol. The molecule has 2 N–H and O–H groups in total. The normalized spacial score (nSPS) is 18.3. The highest BCUT2D eigenvalue weighted by atomic mass is 79.9. The molecule has 1 aliphatic rings. The molecule has 0 fully saturated rings. The minimum atomic E-state index is -0.0374. The Kier molecular flexibility index (Phi) is 2.91. The molecule has 1 unspecified atom stereocenters. The molecule has 0 radical (unpaired) electrons. The maximum absolute atomic E-state index is 11.6. The molecule has 4 nitrogen and oxygen atoms in total. The first-order valence-electron chi connectivity index (χ1n) is 5.46. The van der Waals surface area contributed by atoms with Gasteiger partial charge < -0.3 is 10.3 Å². The molecule has 1 amide bonds. The quantitative estimate of drug-likeness (QED) is 0.846. The number of benzene rings is 1. The van der Waals surface area contributed by atoms with Crippen molar-refractivity contribution in [3.05, 3.63) is 29.1 Å². The van der Waals surface area contributed by atoms with Gasteiger partial charge in [0, 0.05) is 10.5 Å². The van der Waals surface area contributed by atoms with Crippen molar-refractivity contribution in [2.75, 3.05) is 5.32 Å². The molecule has 0 bridgehead atoms. The number of rotatable bonds is 1. The molecule has 6 heteroatoms. The smallest absolute Gasteiger partial charge is 0.237 e. The molecular formula is C12H10BrN3OS. The van der Waals surface area contributed by atoms with E-state index < -0.39 is 0 Å². The second kappa shape index (κ2) is 4.44. The Hall–Kier alpha value is -1.27. The zero-order chi connectivity index (χ0) is 12.7. The summed E-state index contributed by atoms with van der Waals surface area (Å²) in [5, 5.41) is 2.88. The molecule has 18 heavy (non-hydrogen) atoms. The van der Waals surface area contributed by atoms with Gasteiger partial charge in [0.15, 0.2) is 4.73 Å². The fourth-order valence-electron chi connectivity index (χ4n) is 1.82. The highest BCUT2D eigenvalue weighted by Crippen LogP contribution is 2.37. The highest BCUT2D eigenvalue weighted by Gasteiger charge is 2.23. The van der Waals surface area contributed by atoms with E-state index in [9.17, 15) is 4.79 Å². The summed E-state index contributed by atoms with van der Waals surface area (Å²) in [5.41, 5.74) is 2.79. The van der Waals surface area contributed by atoms with Gasteiger partial charge in [-0.05, 0) is 35.0 Å². The van der Waals surface area contributed by atoms with Gasteiger partial charge in [-0.2, -0.15) is 0 Å². The van der Waals surface area contributed by atoms with Crippen LogP contribution in [0.3, 0.4) is 0 Å². The summed E-state index contributed by atoms with van der Waals surface area (Å²) in [4.78, 5) is 20.0. The third-order valence-electron chi connectivity index (χ3n) is 2.77. The van der Waals surface area contributed by atoms with E-state index in [1.807, 2.05) is 25.1 Å². The lowest BCUT2D eigenvalue weighted by atomic mass is 10.1. The number of aromatic nitrogens is 2. The van der Waals surface area contributed by atoms with E-state index in [1.54, 1.807) is 18.0 Å². The van der Waals surface area contributed by atoms with E-state index in [2.05, 4.69) is 31.2 Å². The Morgan fingerprint density at radius 3 is 3.00 bits per heavy atom. The minimum absolute atomic E-state index is 0.0374. The number of H-pyrrole nitrogens is 1. The SMILES string of the molecule is CC1Sc2ccc(-c3cnc(Br)[nH]3)cc2NC1=O. The van der Waals surface area contributed by atoms with E-state index in [1.165, 1.54) is 0 Å². The second-order valence-electron chi connectivity index (χ2n) is 4.05. The molecule has 1 atom stereocenters. The number of nitrogens with one attached hydrogen (secondary N) is 2. The van der Waals surface area contributed by atoms with Crippen molar-refractivity contribution >= 4 is 39.3 Å². The summed E-state index contributed by atoms with van der Waals surface area (Å²) in [7, 11) is 0. The summed E-state index contributed by atoms with van der Waals surface area (Å²) in [6.07, 6.45) is 1.76. The largest absolute Gasteiger partial charge is 0.333 e. The van der Waals surface area contributed by atoms with Crippen LogP contribution in [-0.4, -0.2) is 21.1 Å². The molecule has 0 spiro atoms. The van der Waals surface area contributed by atoms with E-state index >= 15 is 0 Å². The third-order valence-corrected chi connectivity index (χ3v) is 4.35. The summed E-state index contributed by atoms with van der Waals surface area (Å²) in [6, 6.07) is 6.02. The molecule has 2 aromatic rings. The highest BCUT2D eigenvalue weighted by molar-refractivity contribution is 9.10. The van der Waals surface area contributed by atoms with Gasteiger partial charge in [-0.25, -0.2) is 4.98 Å². The fourth-order valence-corrected chi connectivity index (χ4v) is 3.07. The Morgan fingerprint density at radius 2 is 2.28 bits per heavy atom. The van der Waals surface area contributed by atoms with Crippen molar-refractivity contribution in [1.82, 2.24) is 9.97 Å². The monoisotopic (exact) mass is 323 g/mol. The van der Waals surface area contributed by atoms with Crippen LogP contribution in [0, 0.1) is 0 Å². The van der Waals surface area contributed by atoms with Crippen LogP contribution in [0.15, 0.2) is 34.0 Å². The third kappa shape index (κ3) is 2.06. The van der Waals surface area contributed by atoms with Gasteiger partial charge in [0.25, 0.3) is 0 Å². The van der Waals surface area contributed by atoms with Crippen molar-refractivity contribution < 1.29 is 4.79 Å². The van der Waals surface area contributed by atoms with E-state index in [-0.39, 0.29) is 11.2 Å². The maximum Gasteiger partial charge on any atom is 0.237 e. The van der Waals surface area contributed by atoms with Crippen LogP contribution >= 0.6 is 27.7 Å². The first kappa shape index (κ1) is 11.8. The van der Waals surface area contributed by atoms with Crippen LogP contribution in [0.25, 0.3) is 11.3 Å². The molecule has 3 rings (SSSR count). The number of nitrogens with zero attached hydrogens (tertiary/aromatic N) is 1. The van der Waals surface area contributed by atoms with Crippen LogP contribution in [0.1, 0.15) is 6.92 Å². The van der Waals surface area contributed by atoms with Gasteiger partial charge in [0.05, 0.1) is 22.8 Å². The number of amides is 1. The molecule has 1 aromatic carbocycles. The number of carbonyl (C=O) groups excluding carboxylic acids is 1.